The van der Waals surface area contributed by atoms with Gasteiger partial charge in [-0.3, -0.25) is 4.90 Å². The molecule has 2 aliphatic rings. The first-order valence-electron chi connectivity index (χ1n) is 8.91. The number of morpholine rings is 1. The number of rotatable bonds is 4. The first kappa shape index (κ1) is 16.5. The molecule has 23 heavy (non-hydrogen) atoms. The van der Waals surface area contributed by atoms with Gasteiger partial charge in [0.2, 0.25) is 0 Å². The third-order valence-electron chi connectivity index (χ3n) is 5.26. The number of benzene rings is 1. The molecule has 0 atom stereocenters. The minimum atomic E-state index is 0.437. The minimum Gasteiger partial charge on any atom is -0.398 e. The van der Waals surface area contributed by atoms with Gasteiger partial charge in [-0.1, -0.05) is 26.0 Å². The summed E-state index contributed by atoms with van der Waals surface area (Å²) in [5, 5.41) is 0. The Labute approximate surface area is 140 Å². The number of nitrogen functional groups attached to an aromatic ring is 1. The molecular formula is C20H30N2O. The first-order chi connectivity index (χ1) is 11.0. The zero-order valence-electron chi connectivity index (χ0n) is 14.6. The van der Waals surface area contributed by atoms with Crippen molar-refractivity contribution in [2.24, 2.45) is 5.41 Å². The Hall–Kier alpha value is -1.32. The van der Waals surface area contributed by atoms with Crippen LogP contribution in [0.1, 0.15) is 44.2 Å². The predicted molar refractivity (Wildman–Crippen MR) is 97.4 cm³/mol. The quantitative estimate of drug-likeness (QED) is 0.861. The van der Waals surface area contributed by atoms with Crippen LogP contribution in [-0.2, 0) is 11.2 Å². The van der Waals surface area contributed by atoms with Gasteiger partial charge in [0.1, 0.15) is 0 Å². The van der Waals surface area contributed by atoms with Gasteiger partial charge in [-0.05, 0) is 54.4 Å². The average Bonchev–Trinajstić information content (AvgIpc) is 2.55. The molecule has 1 aromatic rings. The van der Waals surface area contributed by atoms with Crippen molar-refractivity contribution in [2.75, 3.05) is 38.6 Å². The summed E-state index contributed by atoms with van der Waals surface area (Å²) >= 11 is 0. The molecule has 0 spiro atoms. The average molecular weight is 314 g/mol. The number of hydrogen-bond acceptors (Lipinski definition) is 3. The monoisotopic (exact) mass is 314 g/mol. The molecule has 1 aromatic carbocycles. The Balaban J connectivity index is 1.68. The maximum atomic E-state index is 6.26. The molecule has 0 radical (unpaired) electrons. The second-order valence-electron chi connectivity index (χ2n) is 7.72. The Kier molecular flexibility index (Phi) is 5.08. The highest BCUT2D eigenvalue weighted by molar-refractivity contribution is 5.76. The van der Waals surface area contributed by atoms with E-state index in [1.54, 1.807) is 0 Å². The largest absolute Gasteiger partial charge is 0.398 e. The maximum Gasteiger partial charge on any atom is 0.0594 e. The molecule has 3 nitrogen and oxygen atoms in total. The Morgan fingerprint density at radius 2 is 2.00 bits per heavy atom. The molecule has 1 aliphatic heterocycles. The summed E-state index contributed by atoms with van der Waals surface area (Å²) in [5.41, 5.74) is 11.7. The predicted octanol–water partition coefficient (Wildman–Crippen LogP) is 3.74. The van der Waals surface area contributed by atoms with Gasteiger partial charge in [0.25, 0.3) is 0 Å². The van der Waals surface area contributed by atoms with Crippen molar-refractivity contribution in [1.82, 2.24) is 4.90 Å². The van der Waals surface area contributed by atoms with Gasteiger partial charge in [-0.15, -0.1) is 0 Å². The van der Waals surface area contributed by atoms with Gasteiger partial charge >= 0.3 is 0 Å². The highest BCUT2D eigenvalue weighted by Crippen LogP contribution is 2.39. The van der Waals surface area contributed by atoms with Crippen molar-refractivity contribution in [3.63, 3.8) is 0 Å². The lowest BCUT2D eigenvalue weighted by Crippen LogP contribution is -2.37. The first-order valence-corrected chi connectivity index (χ1v) is 8.91. The molecule has 0 unspecified atom stereocenters. The van der Waals surface area contributed by atoms with Crippen LogP contribution in [0.5, 0.6) is 0 Å². The fraction of sp³-hybridized carbons (Fsp3) is 0.600. The highest BCUT2D eigenvalue weighted by atomic mass is 16.5. The number of ether oxygens (including phenoxy) is 1. The summed E-state index contributed by atoms with van der Waals surface area (Å²) in [6, 6.07) is 6.59. The second-order valence-corrected chi connectivity index (χ2v) is 7.72. The van der Waals surface area contributed by atoms with Gasteiger partial charge in [0, 0.05) is 30.9 Å². The van der Waals surface area contributed by atoms with E-state index >= 15 is 0 Å². The van der Waals surface area contributed by atoms with E-state index in [1.165, 1.54) is 23.1 Å². The molecule has 1 saturated heterocycles. The van der Waals surface area contributed by atoms with Crippen molar-refractivity contribution in [3.8, 4) is 0 Å². The van der Waals surface area contributed by atoms with Gasteiger partial charge in [-0.2, -0.15) is 0 Å². The van der Waals surface area contributed by atoms with E-state index in [0.29, 0.717) is 5.41 Å². The molecule has 1 fully saturated rings. The lowest BCUT2D eigenvalue weighted by atomic mass is 9.76. The number of nitrogens with two attached hydrogens (primary N) is 1. The summed E-state index contributed by atoms with van der Waals surface area (Å²) in [7, 11) is 0. The molecule has 1 heterocycles. The summed E-state index contributed by atoms with van der Waals surface area (Å²) < 4.78 is 5.42. The summed E-state index contributed by atoms with van der Waals surface area (Å²) in [6.07, 6.45) is 7.03. The molecule has 1 aliphatic carbocycles. The molecule has 0 amide bonds. The SMILES string of the molecule is CC1(C)CC=C(c2cc(CCN3CCOCC3)ccc2N)CC1. The van der Waals surface area contributed by atoms with Crippen LogP contribution in [0.25, 0.3) is 5.57 Å². The van der Waals surface area contributed by atoms with Crippen LogP contribution in [0.15, 0.2) is 24.3 Å². The van der Waals surface area contributed by atoms with Crippen LogP contribution in [0, 0.1) is 5.41 Å². The lowest BCUT2D eigenvalue weighted by Gasteiger charge is -2.29. The van der Waals surface area contributed by atoms with E-state index in [4.69, 9.17) is 10.5 Å². The second kappa shape index (κ2) is 7.06. The van der Waals surface area contributed by atoms with Crippen molar-refractivity contribution in [3.05, 3.63) is 35.4 Å². The summed E-state index contributed by atoms with van der Waals surface area (Å²) in [6.45, 7) is 9.67. The minimum absolute atomic E-state index is 0.437. The number of allylic oxidation sites excluding steroid dienone is 2. The van der Waals surface area contributed by atoms with Crippen LogP contribution in [-0.4, -0.2) is 37.7 Å². The Morgan fingerprint density at radius 3 is 2.70 bits per heavy atom. The third kappa shape index (κ3) is 4.36. The van der Waals surface area contributed by atoms with Gasteiger partial charge < -0.3 is 10.5 Å². The molecular weight excluding hydrogens is 284 g/mol. The maximum absolute atomic E-state index is 6.26. The summed E-state index contributed by atoms with van der Waals surface area (Å²) in [5.74, 6) is 0. The molecule has 0 saturated carbocycles. The van der Waals surface area contributed by atoms with Crippen LogP contribution >= 0.6 is 0 Å². The van der Waals surface area contributed by atoms with E-state index in [0.717, 1.165) is 57.8 Å². The standard InChI is InChI=1S/C20H30N2O/c1-20(2)8-5-17(6-9-20)18-15-16(3-4-19(18)21)7-10-22-11-13-23-14-12-22/h3-5,15H,6-14,21H2,1-2H3. The topological polar surface area (TPSA) is 38.5 Å². The third-order valence-corrected chi connectivity index (χ3v) is 5.26. The van der Waals surface area contributed by atoms with Gasteiger partial charge in [-0.25, -0.2) is 0 Å². The lowest BCUT2D eigenvalue weighted by molar-refractivity contribution is 0.0384. The van der Waals surface area contributed by atoms with Crippen LogP contribution < -0.4 is 5.73 Å². The van der Waals surface area contributed by atoms with Crippen LogP contribution in [0.3, 0.4) is 0 Å². The van der Waals surface area contributed by atoms with Crippen molar-refractivity contribution < 1.29 is 4.74 Å². The van der Waals surface area contributed by atoms with Gasteiger partial charge in [0.15, 0.2) is 0 Å². The molecule has 0 bridgehead atoms. The zero-order valence-corrected chi connectivity index (χ0v) is 14.6. The zero-order chi connectivity index (χ0) is 16.3. The molecule has 3 rings (SSSR count). The smallest absolute Gasteiger partial charge is 0.0594 e. The fourth-order valence-electron chi connectivity index (χ4n) is 3.47. The van der Waals surface area contributed by atoms with E-state index in [9.17, 15) is 0 Å². The van der Waals surface area contributed by atoms with Crippen LogP contribution in [0.4, 0.5) is 5.69 Å². The van der Waals surface area contributed by atoms with Crippen molar-refractivity contribution >= 4 is 11.3 Å². The van der Waals surface area contributed by atoms with Crippen LogP contribution in [0.2, 0.25) is 0 Å². The fourth-order valence-corrected chi connectivity index (χ4v) is 3.47. The molecule has 0 aromatic heterocycles. The van der Waals surface area contributed by atoms with Gasteiger partial charge in [0.05, 0.1) is 13.2 Å². The number of nitrogens with zero attached hydrogens (tertiary/aromatic N) is 1. The van der Waals surface area contributed by atoms with E-state index in [2.05, 4.69) is 43.0 Å². The summed E-state index contributed by atoms with van der Waals surface area (Å²) in [4.78, 5) is 2.49. The van der Waals surface area contributed by atoms with E-state index in [-0.39, 0.29) is 0 Å². The molecule has 126 valence electrons. The van der Waals surface area contributed by atoms with E-state index < -0.39 is 0 Å². The van der Waals surface area contributed by atoms with Crippen molar-refractivity contribution in [1.29, 1.82) is 0 Å². The molecule has 2 N–H and O–H groups in total. The normalized spacial score (nSPS) is 21.9. The van der Waals surface area contributed by atoms with E-state index in [1.807, 2.05) is 0 Å². The van der Waals surface area contributed by atoms with Crippen molar-refractivity contribution in [2.45, 2.75) is 39.5 Å². The Bertz CT molecular complexity index is 571. The Morgan fingerprint density at radius 1 is 1.22 bits per heavy atom. The molecule has 3 heteroatoms. The number of anilines is 1. The number of hydrogen-bond donors (Lipinski definition) is 1. The highest BCUT2D eigenvalue weighted by Gasteiger charge is 2.22.